The van der Waals surface area contributed by atoms with Gasteiger partial charge in [0.25, 0.3) is 0 Å². The molecule has 0 aromatic heterocycles. The lowest BCUT2D eigenvalue weighted by molar-refractivity contribution is 0.342. The number of rotatable bonds is 5. The molecule has 0 saturated carbocycles. The van der Waals surface area contributed by atoms with Crippen LogP contribution in [0.2, 0.25) is 0 Å². The van der Waals surface area contributed by atoms with Gasteiger partial charge in [0.05, 0.1) is 0 Å². The van der Waals surface area contributed by atoms with Gasteiger partial charge in [-0.15, -0.1) is 0 Å². The predicted molar refractivity (Wildman–Crippen MR) is 68.8 cm³/mol. The highest BCUT2D eigenvalue weighted by Crippen LogP contribution is 2.16. The van der Waals surface area contributed by atoms with E-state index in [1.54, 1.807) is 11.8 Å². The third kappa shape index (κ3) is 4.53. The summed E-state index contributed by atoms with van der Waals surface area (Å²) in [5.74, 6) is 0.939. The number of halogens is 2. The highest BCUT2D eigenvalue weighted by Gasteiger charge is 2.05. The van der Waals surface area contributed by atoms with Crippen molar-refractivity contribution in [2.45, 2.75) is 6.54 Å². The van der Waals surface area contributed by atoms with Gasteiger partial charge in [-0.05, 0) is 25.4 Å². The molecule has 84 valence electrons. The standard InChI is InChI=1S/C11H15BrFNS/c1-14(5-6-15-2)8-9-3-4-10(12)7-11(9)13/h3-4,7H,5-6,8H2,1-2H3. The highest BCUT2D eigenvalue weighted by atomic mass is 79.9. The van der Waals surface area contributed by atoms with Crippen LogP contribution in [0.3, 0.4) is 0 Å². The molecule has 4 heteroatoms. The molecular formula is C11H15BrFNS. The Balaban J connectivity index is 2.56. The van der Waals surface area contributed by atoms with Crippen LogP contribution in [0.15, 0.2) is 22.7 Å². The van der Waals surface area contributed by atoms with Crippen molar-refractivity contribution in [1.82, 2.24) is 4.90 Å². The molecule has 0 fully saturated rings. The van der Waals surface area contributed by atoms with Crippen LogP contribution in [-0.4, -0.2) is 30.5 Å². The first-order valence-electron chi connectivity index (χ1n) is 4.75. The van der Waals surface area contributed by atoms with E-state index >= 15 is 0 Å². The summed E-state index contributed by atoms with van der Waals surface area (Å²) in [5, 5.41) is 0. The minimum Gasteiger partial charge on any atom is -0.301 e. The Morgan fingerprint density at radius 2 is 2.20 bits per heavy atom. The maximum atomic E-state index is 13.5. The number of hydrogen-bond donors (Lipinski definition) is 0. The average molecular weight is 292 g/mol. The van der Waals surface area contributed by atoms with E-state index in [-0.39, 0.29) is 5.82 Å². The van der Waals surface area contributed by atoms with Crippen LogP contribution in [0.4, 0.5) is 4.39 Å². The molecule has 0 aliphatic rings. The van der Waals surface area contributed by atoms with Crippen molar-refractivity contribution < 1.29 is 4.39 Å². The van der Waals surface area contributed by atoms with Crippen LogP contribution in [-0.2, 0) is 6.54 Å². The van der Waals surface area contributed by atoms with E-state index in [1.165, 1.54) is 6.07 Å². The zero-order valence-electron chi connectivity index (χ0n) is 8.96. The zero-order valence-corrected chi connectivity index (χ0v) is 11.4. The highest BCUT2D eigenvalue weighted by molar-refractivity contribution is 9.10. The summed E-state index contributed by atoms with van der Waals surface area (Å²) in [4.78, 5) is 2.13. The molecule has 0 unspecified atom stereocenters. The van der Waals surface area contributed by atoms with Gasteiger partial charge in [-0.3, -0.25) is 0 Å². The number of hydrogen-bond acceptors (Lipinski definition) is 2. The number of benzene rings is 1. The van der Waals surface area contributed by atoms with E-state index in [4.69, 9.17) is 0 Å². The Labute approximate surface area is 103 Å². The lowest BCUT2D eigenvalue weighted by Gasteiger charge is -2.16. The largest absolute Gasteiger partial charge is 0.301 e. The maximum Gasteiger partial charge on any atom is 0.128 e. The minimum atomic E-state index is -0.139. The molecule has 1 nitrogen and oxygen atoms in total. The second-order valence-electron chi connectivity index (χ2n) is 3.47. The summed E-state index contributed by atoms with van der Waals surface area (Å²) in [6, 6.07) is 5.22. The summed E-state index contributed by atoms with van der Waals surface area (Å²) in [5.41, 5.74) is 0.752. The minimum absolute atomic E-state index is 0.139. The molecule has 0 saturated heterocycles. The van der Waals surface area contributed by atoms with E-state index in [1.807, 2.05) is 19.2 Å². The van der Waals surface area contributed by atoms with Gasteiger partial charge in [0.15, 0.2) is 0 Å². The predicted octanol–water partition coefficient (Wildman–Crippen LogP) is 3.38. The molecule has 0 bridgehead atoms. The molecule has 1 aromatic rings. The van der Waals surface area contributed by atoms with Gasteiger partial charge in [0.1, 0.15) is 5.82 Å². The van der Waals surface area contributed by atoms with Gasteiger partial charge >= 0.3 is 0 Å². The molecule has 0 N–H and O–H groups in total. The average Bonchev–Trinajstić information content (AvgIpc) is 2.19. The molecule has 0 radical (unpaired) electrons. The van der Waals surface area contributed by atoms with Gasteiger partial charge < -0.3 is 4.90 Å². The van der Waals surface area contributed by atoms with E-state index in [0.717, 1.165) is 22.3 Å². The summed E-state index contributed by atoms with van der Waals surface area (Å²) in [7, 11) is 2.01. The first-order valence-corrected chi connectivity index (χ1v) is 6.93. The number of nitrogens with zero attached hydrogens (tertiary/aromatic N) is 1. The van der Waals surface area contributed by atoms with Crippen molar-refractivity contribution in [3.05, 3.63) is 34.1 Å². The second kappa shape index (κ2) is 6.51. The Kier molecular flexibility index (Phi) is 5.64. The number of thioether (sulfide) groups is 1. The Hall–Kier alpha value is -0.0600. The van der Waals surface area contributed by atoms with Crippen molar-refractivity contribution in [2.75, 3.05) is 25.6 Å². The van der Waals surface area contributed by atoms with Crippen molar-refractivity contribution in [3.8, 4) is 0 Å². The second-order valence-corrected chi connectivity index (χ2v) is 5.37. The van der Waals surface area contributed by atoms with Gasteiger partial charge in [0.2, 0.25) is 0 Å². The van der Waals surface area contributed by atoms with Crippen LogP contribution in [0.1, 0.15) is 5.56 Å². The molecule has 0 amide bonds. The van der Waals surface area contributed by atoms with Crippen molar-refractivity contribution in [3.63, 3.8) is 0 Å². The molecule has 0 aliphatic carbocycles. The third-order valence-electron chi connectivity index (χ3n) is 2.13. The summed E-state index contributed by atoms with van der Waals surface area (Å²) >= 11 is 5.05. The molecule has 0 heterocycles. The SMILES string of the molecule is CSCCN(C)Cc1ccc(Br)cc1F. The van der Waals surface area contributed by atoms with Crippen LogP contribution < -0.4 is 0 Å². The molecule has 1 aromatic carbocycles. The van der Waals surface area contributed by atoms with Gasteiger partial charge in [-0.1, -0.05) is 22.0 Å². The monoisotopic (exact) mass is 291 g/mol. The van der Waals surface area contributed by atoms with Crippen LogP contribution in [0, 0.1) is 5.82 Å². The van der Waals surface area contributed by atoms with Crippen molar-refractivity contribution in [2.24, 2.45) is 0 Å². The normalized spacial score (nSPS) is 11.0. The van der Waals surface area contributed by atoms with E-state index in [2.05, 4.69) is 27.1 Å². The maximum absolute atomic E-state index is 13.5. The summed E-state index contributed by atoms with van der Waals surface area (Å²) < 4.78 is 14.3. The lowest BCUT2D eigenvalue weighted by atomic mass is 10.2. The molecule has 0 spiro atoms. The summed E-state index contributed by atoms with van der Waals surface area (Å²) in [6.45, 7) is 1.65. The zero-order chi connectivity index (χ0) is 11.3. The fraction of sp³-hybridized carbons (Fsp3) is 0.455. The lowest BCUT2D eigenvalue weighted by Crippen LogP contribution is -2.21. The molecule has 0 aliphatic heterocycles. The fourth-order valence-electron chi connectivity index (χ4n) is 1.27. The smallest absolute Gasteiger partial charge is 0.128 e. The summed E-state index contributed by atoms with van der Waals surface area (Å²) in [6.07, 6.45) is 2.08. The topological polar surface area (TPSA) is 3.24 Å². The molecule has 1 rings (SSSR count). The van der Waals surface area contributed by atoms with Crippen molar-refractivity contribution >= 4 is 27.7 Å². The Morgan fingerprint density at radius 1 is 1.47 bits per heavy atom. The Morgan fingerprint density at radius 3 is 2.80 bits per heavy atom. The van der Waals surface area contributed by atoms with E-state index < -0.39 is 0 Å². The first kappa shape index (κ1) is 13.0. The molecule has 0 atom stereocenters. The van der Waals surface area contributed by atoms with Crippen LogP contribution >= 0.6 is 27.7 Å². The van der Waals surface area contributed by atoms with Crippen LogP contribution in [0.5, 0.6) is 0 Å². The quantitative estimate of drug-likeness (QED) is 0.818. The Bertz CT molecular complexity index is 319. The third-order valence-corrected chi connectivity index (χ3v) is 3.22. The van der Waals surface area contributed by atoms with Gasteiger partial charge in [0, 0.05) is 28.9 Å². The molecule has 15 heavy (non-hydrogen) atoms. The van der Waals surface area contributed by atoms with E-state index in [9.17, 15) is 4.39 Å². The molecular weight excluding hydrogens is 277 g/mol. The van der Waals surface area contributed by atoms with Gasteiger partial charge in [-0.2, -0.15) is 11.8 Å². The van der Waals surface area contributed by atoms with Gasteiger partial charge in [-0.25, -0.2) is 4.39 Å². The van der Waals surface area contributed by atoms with Crippen molar-refractivity contribution in [1.29, 1.82) is 0 Å². The van der Waals surface area contributed by atoms with Crippen LogP contribution in [0.25, 0.3) is 0 Å². The first-order chi connectivity index (χ1) is 7.13. The fourth-order valence-corrected chi connectivity index (χ4v) is 2.09. The van der Waals surface area contributed by atoms with E-state index in [0.29, 0.717) is 6.54 Å².